The minimum absolute atomic E-state index is 0.131. The van der Waals surface area contributed by atoms with E-state index in [0.29, 0.717) is 6.54 Å². The van der Waals surface area contributed by atoms with Crippen LogP contribution in [-0.4, -0.2) is 4.98 Å². The summed E-state index contributed by atoms with van der Waals surface area (Å²) >= 11 is 1.66. The molecule has 0 radical (unpaired) electrons. The lowest BCUT2D eigenvalue weighted by Gasteiger charge is -2.12. The van der Waals surface area contributed by atoms with Gasteiger partial charge in [-0.15, -0.1) is 11.3 Å². The Kier molecular flexibility index (Phi) is 3.93. The first-order chi connectivity index (χ1) is 8.58. The average Bonchev–Trinajstić information content (AvgIpc) is 2.77. The van der Waals surface area contributed by atoms with Gasteiger partial charge in [0.25, 0.3) is 0 Å². The van der Waals surface area contributed by atoms with Gasteiger partial charge in [-0.1, -0.05) is 12.1 Å². The van der Waals surface area contributed by atoms with Gasteiger partial charge in [-0.25, -0.2) is 9.37 Å². The maximum absolute atomic E-state index is 13.3. The van der Waals surface area contributed by atoms with Crippen LogP contribution >= 0.6 is 11.3 Å². The molecule has 2 rings (SSSR count). The molecule has 0 fully saturated rings. The third-order valence-electron chi connectivity index (χ3n) is 2.75. The van der Waals surface area contributed by atoms with E-state index in [1.54, 1.807) is 17.4 Å². The number of nitrogens with one attached hydrogen (secondary N) is 1. The summed E-state index contributed by atoms with van der Waals surface area (Å²) in [5.41, 5.74) is 6.67. The van der Waals surface area contributed by atoms with Crippen molar-refractivity contribution in [1.29, 1.82) is 0 Å². The molecule has 1 unspecified atom stereocenters. The highest BCUT2D eigenvalue weighted by Gasteiger charge is 2.10. The molecule has 0 spiro atoms. The zero-order valence-electron chi connectivity index (χ0n) is 10.4. The molecule has 0 aliphatic rings. The maximum Gasteiger partial charge on any atom is 0.146 e. The van der Waals surface area contributed by atoms with Crippen molar-refractivity contribution < 1.29 is 4.39 Å². The molecule has 1 atom stereocenters. The van der Waals surface area contributed by atoms with E-state index in [-0.39, 0.29) is 17.5 Å². The standard InChI is InChI=1S/C13H16FN3S/c1-8-6-17-13(18-8)9(2)16-7-10-4-3-5-11(14)12(10)15/h3-6,9,16H,7,15H2,1-2H3. The molecule has 1 heterocycles. The highest BCUT2D eigenvalue weighted by molar-refractivity contribution is 7.11. The molecule has 5 heteroatoms. The molecule has 1 aromatic heterocycles. The predicted octanol–water partition coefficient (Wildman–Crippen LogP) is 3.02. The molecule has 0 saturated carbocycles. The van der Waals surface area contributed by atoms with Crippen molar-refractivity contribution in [3.8, 4) is 0 Å². The molecule has 96 valence electrons. The first-order valence-corrected chi connectivity index (χ1v) is 6.58. The van der Waals surface area contributed by atoms with Gasteiger partial charge in [0.15, 0.2) is 0 Å². The Morgan fingerprint density at radius 3 is 2.94 bits per heavy atom. The number of aryl methyl sites for hydroxylation is 1. The lowest BCUT2D eigenvalue weighted by Crippen LogP contribution is -2.18. The van der Waals surface area contributed by atoms with Crippen molar-refractivity contribution in [2.45, 2.75) is 26.4 Å². The molecular formula is C13H16FN3S. The summed E-state index contributed by atoms with van der Waals surface area (Å²) < 4.78 is 13.3. The van der Waals surface area contributed by atoms with Crippen LogP contribution in [0.15, 0.2) is 24.4 Å². The van der Waals surface area contributed by atoms with Crippen molar-refractivity contribution in [2.24, 2.45) is 0 Å². The predicted molar refractivity (Wildman–Crippen MR) is 72.9 cm³/mol. The van der Waals surface area contributed by atoms with Crippen LogP contribution in [0.25, 0.3) is 0 Å². The number of nitrogen functional groups attached to an aromatic ring is 1. The minimum Gasteiger partial charge on any atom is -0.396 e. The third-order valence-corrected chi connectivity index (χ3v) is 3.85. The van der Waals surface area contributed by atoms with Gasteiger partial charge in [0.1, 0.15) is 10.8 Å². The van der Waals surface area contributed by atoms with Crippen LogP contribution in [0.5, 0.6) is 0 Å². The van der Waals surface area contributed by atoms with E-state index >= 15 is 0 Å². The fraction of sp³-hybridized carbons (Fsp3) is 0.308. The van der Waals surface area contributed by atoms with Crippen molar-refractivity contribution in [3.05, 3.63) is 45.7 Å². The number of benzene rings is 1. The number of nitrogens with zero attached hydrogens (tertiary/aromatic N) is 1. The summed E-state index contributed by atoms with van der Waals surface area (Å²) in [6.07, 6.45) is 1.86. The van der Waals surface area contributed by atoms with Gasteiger partial charge >= 0.3 is 0 Å². The SMILES string of the molecule is Cc1cnc(C(C)NCc2cccc(F)c2N)s1. The van der Waals surface area contributed by atoms with Crippen LogP contribution < -0.4 is 11.1 Å². The first kappa shape index (κ1) is 13.0. The average molecular weight is 265 g/mol. The van der Waals surface area contributed by atoms with Crippen LogP contribution in [-0.2, 0) is 6.54 Å². The quantitative estimate of drug-likeness (QED) is 0.835. The summed E-state index contributed by atoms with van der Waals surface area (Å²) in [6.45, 7) is 4.59. The summed E-state index contributed by atoms with van der Waals surface area (Å²) in [6, 6.07) is 4.99. The van der Waals surface area contributed by atoms with Gasteiger partial charge in [0, 0.05) is 17.6 Å². The van der Waals surface area contributed by atoms with Gasteiger partial charge < -0.3 is 11.1 Å². The minimum atomic E-state index is -0.368. The van der Waals surface area contributed by atoms with Gasteiger partial charge in [-0.3, -0.25) is 0 Å². The number of hydrogen-bond donors (Lipinski definition) is 2. The van der Waals surface area contributed by atoms with Crippen LogP contribution in [0.4, 0.5) is 10.1 Å². The molecule has 0 aliphatic carbocycles. The summed E-state index contributed by atoms with van der Waals surface area (Å²) in [5, 5.41) is 4.33. The van der Waals surface area contributed by atoms with Gasteiger partial charge in [-0.2, -0.15) is 0 Å². The lowest BCUT2D eigenvalue weighted by molar-refractivity contribution is 0.568. The summed E-state index contributed by atoms with van der Waals surface area (Å²) in [5.74, 6) is -0.368. The molecule has 0 bridgehead atoms. The Morgan fingerprint density at radius 1 is 1.50 bits per heavy atom. The number of para-hydroxylation sites is 1. The number of nitrogens with two attached hydrogens (primary N) is 1. The second kappa shape index (κ2) is 5.46. The van der Waals surface area contributed by atoms with E-state index < -0.39 is 0 Å². The number of anilines is 1. The van der Waals surface area contributed by atoms with Crippen LogP contribution in [0.3, 0.4) is 0 Å². The number of rotatable bonds is 4. The van der Waals surface area contributed by atoms with Gasteiger partial charge in [-0.05, 0) is 25.5 Å². The largest absolute Gasteiger partial charge is 0.396 e. The van der Waals surface area contributed by atoms with Gasteiger partial charge in [0.05, 0.1) is 11.7 Å². The Bertz CT molecular complexity index is 539. The molecule has 0 amide bonds. The zero-order chi connectivity index (χ0) is 13.1. The molecule has 18 heavy (non-hydrogen) atoms. The Morgan fingerprint density at radius 2 is 2.28 bits per heavy atom. The second-order valence-corrected chi connectivity index (χ2v) is 5.49. The maximum atomic E-state index is 13.3. The number of halogens is 1. The molecule has 3 nitrogen and oxygen atoms in total. The highest BCUT2D eigenvalue weighted by atomic mass is 32.1. The molecule has 0 aliphatic heterocycles. The fourth-order valence-electron chi connectivity index (χ4n) is 1.66. The molecule has 1 aromatic carbocycles. The van der Waals surface area contributed by atoms with Gasteiger partial charge in [0.2, 0.25) is 0 Å². The molecule has 0 saturated heterocycles. The van der Waals surface area contributed by atoms with E-state index in [1.807, 2.05) is 26.1 Å². The van der Waals surface area contributed by atoms with E-state index in [1.165, 1.54) is 10.9 Å². The third kappa shape index (κ3) is 2.86. The number of aromatic nitrogens is 1. The summed E-state index contributed by atoms with van der Waals surface area (Å²) in [4.78, 5) is 5.50. The smallest absolute Gasteiger partial charge is 0.146 e. The molecular weight excluding hydrogens is 249 g/mol. The zero-order valence-corrected chi connectivity index (χ0v) is 11.2. The van der Waals surface area contributed by atoms with Crippen LogP contribution in [0, 0.1) is 12.7 Å². The van der Waals surface area contributed by atoms with E-state index in [9.17, 15) is 4.39 Å². The fourth-order valence-corrected chi connectivity index (χ4v) is 2.46. The van der Waals surface area contributed by atoms with Crippen molar-refractivity contribution in [3.63, 3.8) is 0 Å². The van der Waals surface area contributed by atoms with E-state index in [2.05, 4.69) is 10.3 Å². The monoisotopic (exact) mass is 265 g/mol. The van der Waals surface area contributed by atoms with E-state index in [4.69, 9.17) is 5.73 Å². The molecule has 2 aromatic rings. The van der Waals surface area contributed by atoms with E-state index in [0.717, 1.165) is 10.6 Å². The topological polar surface area (TPSA) is 50.9 Å². The normalized spacial score (nSPS) is 12.6. The van der Waals surface area contributed by atoms with Crippen molar-refractivity contribution in [2.75, 3.05) is 5.73 Å². The number of thiazole rings is 1. The van der Waals surface area contributed by atoms with Crippen LogP contribution in [0.2, 0.25) is 0 Å². The van der Waals surface area contributed by atoms with Crippen LogP contribution in [0.1, 0.15) is 28.4 Å². The Labute approximate surface area is 110 Å². The Balaban J connectivity index is 2.01. The first-order valence-electron chi connectivity index (χ1n) is 5.76. The Hall–Kier alpha value is -1.46. The number of hydrogen-bond acceptors (Lipinski definition) is 4. The highest BCUT2D eigenvalue weighted by Crippen LogP contribution is 2.21. The second-order valence-electron chi connectivity index (χ2n) is 4.22. The lowest BCUT2D eigenvalue weighted by atomic mass is 10.1. The molecule has 3 N–H and O–H groups in total. The summed E-state index contributed by atoms with van der Waals surface area (Å²) in [7, 11) is 0. The van der Waals surface area contributed by atoms with Crippen molar-refractivity contribution in [1.82, 2.24) is 10.3 Å². The van der Waals surface area contributed by atoms with Crippen molar-refractivity contribution >= 4 is 17.0 Å².